The highest BCUT2D eigenvalue weighted by atomic mass is 16.8. The third kappa shape index (κ3) is 20.6. The van der Waals surface area contributed by atoms with Crippen LogP contribution < -0.4 is 11.1 Å². The van der Waals surface area contributed by atoms with Crippen molar-refractivity contribution in [2.75, 3.05) is 94.4 Å². The summed E-state index contributed by atoms with van der Waals surface area (Å²) >= 11 is 0. The molecule has 20 atom stereocenters. The molecule has 0 aliphatic carbocycles. The van der Waals surface area contributed by atoms with Gasteiger partial charge in [0.2, 0.25) is 5.91 Å². The fourth-order valence-electron chi connectivity index (χ4n) is 7.72. The molecule has 20 unspecified atom stereocenters. The number of nitrogens with one attached hydrogen (secondary N) is 1. The summed E-state index contributed by atoms with van der Waals surface area (Å²) in [7, 11) is 5.04. The largest absolute Gasteiger partial charge is 0.480 e. The van der Waals surface area contributed by atoms with E-state index in [0.29, 0.717) is 6.54 Å². The monoisotopic (exact) mass is 1100 g/mol. The zero-order valence-electron chi connectivity index (χ0n) is 42.2. The molecule has 4 aliphatic rings. The number of amides is 1. The van der Waals surface area contributed by atoms with Crippen molar-refractivity contribution >= 4 is 23.6 Å². The third-order valence-corrected chi connectivity index (χ3v) is 11.4. The summed E-state index contributed by atoms with van der Waals surface area (Å²) in [6.07, 6.45) is -11.8. The van der Waals surface area contributed by atoms with Crippen LogP contribution in [0.3, 0.4) is 0 Å². The van der Waals surface area contributed by atoms with Crippen molar-refractivity contribution in [2.24, 2.45) is 5.73 Å². The lowest BCUT2D eigenvalue weighted by Crippen LogP contribution is -2.65. The molecule has 76 heavy (non-hydrogen) atoms. The molecule has 4 fully saturated rings. The fourth-order valence-corrected chi connectivity index (χ4v) is 7.72. The molecule has 0 aromatic carbocycles. The summed E-state index contributed by atoms with van der Waals surface area (Å²) in [5, 5.41) is 104. The minimum atomic E-state index is -1.68. The number of carbonyl (C=O) groups is 4. The lowest BCUT2D eigenvalue weighted by molar-refractivity contribution is -0.361. The van der Waals surface area contributed by atoms with Crippen LogP contribution in [0, 0.1) is 37.0 Å². The number of hydrogen-bond donors (Lipinski definition) is 12. The summed E-state index contributed by atoms with van der Waals surface area (Å²) in [5.41, 5.74) is 4.79. The molecule has 4 rings (SSSR count). The van der Waals surface area contributed by atoms with Crippen molar-refractivity contribution in [2.45, 2.75) is 136 Å². The molecule has 0 radical (unpaired) electrons. The predicted octanol–water partition coefficient (Wildman–Crippen LogP) is -7.60. The van der Waals surface area contributed by atoms with Crippen LogP contribution in [0.25, 0.3) is 0 Å². The number of ketones is 1. The second-order valence-corrected chi connectivity index (χ2v) is 16.6. The van der Waals surface area contributed by atoms with E-state index in [1.54, 1.807) is 0 Å². The number of carbonyl (C=O) groups excluding carboxylic acids is 2. The second-order valence-electron chi connectivity index (χ2n) is 16.6. The van der Waals surface area contributed by atoms with Crippen LogP contribution >= 0.6 is 0 Å². The first-order valence-corrected chi connectivity index (χ1v) is 23.2. The van der Waals surface area contributed by atoms with Gasteiger partial charge in [0.25, 0.3) is 0 Å². The van der Waals surface area contributed by atoms with Crippen LogP contribution in [0.4, 0.5) is 0 Å². The Morgan fingerprint density at radius 1 is 0.526 bits per heavy atom. The molecular weight excluding hydrogens is 1030 g/mol. The third-order valence-electron chi connectivity index (χ3n) is 11.4. The van der Waals surface area contributed by atoms with Crippen LogP contribution in [0.2, 0.25) is 0 Å². The van der Waals surface area contributed by atoms with Gasteiger partial charge in [0.05, 0.1) is 39.5 Å². The molecule has 434 valence electrons. The minimum absolute atomic E-state index is 0.0230. The van der Waals surface area contributed by atoms with Gasteiger partial charge in [0, 0.05) is 41.3 Å². The van der Waals surface area contributed by atoms with Crippen molar-refractivity contribution in [1.82, 2.24) is 5.32 Å². The molecule has 1 amide bonds. The van der Waals surface area contributed by atoms with Crippen molar-refractivity contribution in [3.8, 4) is 37.0 Å². The topological polar surface area (TPSA) is 438 Å². The number of aliphatic hydroxyl groups excluding tert-OH is 8. The Kier molecular flexibility index (Phi) is 32.3. The first kappa shape index (κ1) is 67.9. The van der Waals surface area contributed by atoms with Crippen LogP contribution in [0.15, 0.2) is 0 Å². The van der Waals surface area contributed by atoms with Crippen molar-refractivity contribution < 1.29 is 137 Å². The number of aliphatic carboxylic acids is 2. The van der Waals surface area contributed by atoms with Crippen LogP contribution in [0.5, 0.6) is 0 Å². The Hall–Kier alpha value is -4.16. The highest BCUT2D eigenvalue weighted by molar-refractivity contribution is 5.79. The molecule has 0 spiro atoms. The van der Waals surface area contributed by atoms with E-state index in [1.807, 2.05) is 0 Å². The number of hydrogen-bond acceptors (Lipinski definition) is 27. The van der Waals surface area contributed by atoms with E-state index in [0.717, 1.165) is 0 Å². The molecule has 4 heterocycles. The molecule has 0 aromatic rings. The Balaban J connectivity index is 0.000000491. The standard InChI is InChI=1S/C25H37NO13.C18H30O15.C3H5N/c1-5-7-8-14(28)11-36-23-20(32)22(15(10-27)37-25(23)34-4)39-24-19(31)18(30)21(33-3)16(38-24)12-35-13-17(29)26-9-6-2;1-27-14-8(4-29-5-9(20)21)32-17(12(25)11(14)24)33-15-7(3-19)31-18(28-2)16(13(15)26)30-6-10(22)23;1-2-3-4/h1-2,15-16,18-25,27,30-32H,7-13H2,3-4H3,(H,26,29);7-8,11-19,24-26H,3-6H2,1-2H3,(H,20,21)(H,22,23);1H,3-4H2. The number of nitrogens with two attached hydrogens (primary N) is 1. The maximum absolute atomic E-state index is 12.0. The second kappa shape index (κ2) is 36.1. The fraction of sp³-hybridized carbons (Fsp3) is 0.783. The molecule has 30 nitrogen and oxygen atoms in total. The van der Waals surface area contributed by atoms with Gasteiger partial charge in [-0.15, -0.1) is 25.2 Å². The summed E-state index contributed by atoms with van der Waals surface area (Å²) in [4.78, 5) is 45.3. The molecule has 13 N–H and O–H groups in total. The molecule has 4 aliphatic heterocycles. The quantitative estimate of drug-likeness (QED) is 0.0340. The Bertz CT molecular complexity index is 1850. The van der Waals surface area contributed by atoms with E-state index in [1.165, 1.54) is 28.4 Å². The van der Waals surface area contributed by atoms with E-state index in [9.17, 15) is 60.0 Å². The van der Waals surface area contributed by atoms with E-state index in [2.05, 4.69) is 29.5 Å². The Morgan fingerprint density at radius 2 is 0.947 bits per heavy atom. The lowest BCUT2D eigenvalue weighted by atomic mass is 9.96. The molecule has 30 heteroatoms. The maximum atomic E-state index is 12.0. The minimum Gasteiger partial charge on any atom is -0.480 e. The van der Waals surface area contributed by atoms with Gasteiger partial charge in [-0.1, -0.05) is 11.8 Å². The molecular formula is C46H72N2O28. The number of methoxy groups -OCH3 is 4. The predicted molar refractivity (Wildman–Crippen MR) is 249 cm³/mol. The number of carboxylic acid groups (broad SMARTS) is 2. The summed E-state index contributed by atoms with van der Waals surface area (Å²) < 4.78 is 75.6. The van der Waals surface area contributed by atoms with Crippen molar-refractivity contribution in [3.05, 3.63) is 0 Å². The van der Waals surface area contributed by atoms with E-state index >= 15 is 0 Å². The lowest BCUT2D eigenvalue weighted by Gasteiger charge is -2.47. The van der Waals surface area contributed by atoms with Gasteiger partial charge in [-0.2, -0.15) is 0 Å². The Labute approximate surface area is 437 Å². The zero-order chi connectivity index (χ0) is 57.1. The normalized spacial score (nSPS) is 35.1. The summed E-state index contributed by atoms with van der Waals surface area (Å²) in [6.45, 7) is -3.69. The number of terminal acetylenes is 3. The average molecular weight is 1100 g/mol. The smallest absolute Gasteiger partial charge is 0.329 e. The summed E-state index contributed by atoms with van der Waals surface area (Å²) in [5.74, 6) is 3.47. The zero-order valence-corrected chi connectivity index (χ0v) is 42.2. The maximum Gasteiger partial charge on any atom is 0.329 e. The van der Waals surface area contributed by atoms with Gasteiger partial charge in [-0.25, -0.2) is 9.59 Å². The van der Waals surface area contributed by atoms with Gasteiger partial charge in [0.1, 0.15) is 124 Å². The first-order valence-electron chi connectivity index (χ1n) is 23.2. The number of carboxylic acids is 2. The highest BCUT2D eigenvalue weighted by Gasteiger charge is 2.54. The highest BCUT2D eigenvalue weighted by Crippen LogP contribution is 2.33. The number of aliphatic hydroxyl groups is 8. The molecule has 0 aromatic heterocycles. The SMILES string of the molecule is C#CCCC(=O)COC1C(OC)OC(CO)C(OC2OC(COCC(=O)NCC#C)C(OC)C(O)C2O)C1O.C#CCN.COC1OC(CO)C(OC2OC(COCC(=O)O)C(OC)C(O)C2O)C(O)C1OCC(=O)O. The summed E-state index contributed by atoms with van der Waals surface area (Å²) in [6, 6.07) is 0. The van der Waals surface area contributed by atoms with E-state index in [-0.39, 0.29) is 45.0 Å². The first-order chi connectivity index (χ1) is 36.3. The molecule has 0 bridgehead atoms. The van der Waals surface area contributed by atoms with Gasteiger partial charge in [-0.3, -0.25) is 9.59 Å². The number of Topliss-reactive ketones (excluding diaryl/α,β-unsaturated/α-hetero) is 1. The molecule has 4 saturated heterocycles. The van der Waals surface area contributed by atoms with Crippen LogP contribution in [0.1, 0.15) is 12.8 Å². The van der Waals surface area contributed by atoms with Crippen LogP contribution in [-0.4, -0.2) is 292 Å². The molecule has 0 saturated carbocycles. The Morgan fingerprint density at radius 3 is 1.32 bits per heavy atom. The van der Waals surface area contributed by atoms with Crippen molar-refractivity contribution in [1.29, 1.82) is 0 Å². The van der Waals surface area contributed by atoms with Gasteiger partial charge >= 0.3 is 11.9 Å². The van der Waals surface area contributed by atoms with E-state index < -0.39 is 174 Å². The van der Waals surface area contributed by atoms with E-state index in [4.69, 9.17) is 95.1 Å². The average Bonchev–Trinajstić information content (AvgIpc) is 3.40. The van der Waals surface area contributed by atoms with Gasteiger partial charge in [0.15, 0.2) is 30.9 Å². The van der Waals surface area contributed by atoms with Crippen LogP contribution in [-0.2, 0) is 85.5 Å². The van der Waals surface area contributed by atoms with Gasteiger partial charge in [-0.05, 0) is 0 Å². The number of ether oxygens (including phenoxy) is 14. The number of rotatable bonds is 27. The van der Waals surface area contributed by atoms with Crippen molar-refractivity contribution in [3.63, 3.8) is 0 Å². The van der Waals surface area contributed by atoms with Gasteiger partial charge < -0.3 is 128 Å².